The lowest BCUT2D eigenvalue weighted by Crippen LogP contribution is -2.40. The fraction of sp³-hybridized carbons (Fsp3) is 0.423. The number of nitrogens with zero attached hydrogens (tertiary/aromatic N) is 4. The molecule has 1 aliphatic heterocycles. The van der Waals surface area contributed by atoms with Crippen LogP contribution in [0.2, 0.25) is 0 Å². The fourth-order valence-electron chi connectivity index (χ4n) is 4.74. The number of piperidine rings is 1. The van der Waals surface area contributed by atoms with E-state index in [0.29, 0.717) is 6.01 Å². The second kappa shape index (κ2) is 9.15. The van der Waals surface area contributed by atoms with Crippen LogP contribution in [0.5, 0.6) is 6.01 Å². The third-order valence-electron chi connectivity index (χ3n) is 6.38. The third-order valence-corrected chi connectivity index (χ3v) is 6.92. The lowest BCUT2D eigenvalue weighted by atomic mass is 9.84. The Bertz CT molecular complexity index is 1170. The number of benzene rings is 1. The molecule has 0 aliphatic carbocycles. The number of anilines is 1. The van der Waals surface area contributed by atoms with Crippen LogP contribution in [-0.2, 0) is 0 Å². The van der Waals surface area contributed by atoms with Crippen molar-refractivity contribution < 1.29 is 4.74 Å². The molecule has 1 unspecified atom stereocenters. The van der Waals surface area contributed by atoms with Crippen molar-refractivity contribution in [3.8, 4) is 17.3 Å². The maximum absolute atomic E-state index is 5.52. The summed E-state index contributed by atoms with van der Waals surface area (Å²) in [5.74, 6) is 0.915. The highest BCUT2D eigenvalue weighted by Gasteiger charge is 2.29. The van der Waals surface area contributed by atoms with Crippen LogP contribution >= 0.6 is 9.24 Å². The van der Waals surface area contributed by atoms with E-state index in [1.807, 2.05) is 6.20 Å². The molecule has 0 N–H and O–H groups in total. The average molecular weight is 449 g/mol. The van der Waals surface area contributed by atoms with Crippen molar-refractivity contribution in [3.63, 3.8) is 0 Å². The van der Waals surface area contributed by atoms with Gasteiger partial charge in [0.15, 0.2) is 0 Å². The first-order chi connectivity index (χ1) is 15.4. The van der Waals surface area contributed by atoms with E-state index in [1.165, 1.54) is 17.6 Å². The number of hydrogen-bond donors (Lipinski definition) is 0. The molecule has 168 valence electrons. The molecule has 0 radical (unpaired) electrons. The van der Waals surface area contributed by atoms with Gasteiger partial charge in [0.05, 0.1) is 23.7 Å². The van der Waals surface area contributed by atoms with Gasteiger partial charge in [0, 0.05) is 30.2 Å². The van der Waals surface area contributed by atoms with Crippen molar-refractivity contribution >= 4 is 36.8 Å². The molecule has 1 aliphatic rings. The van der Waals surface area contributed by atoms with Crippen molar-refractivity contribution in [2.45, 2.75) is 47.0 Å². The number of pyridine rings is 1. The Balaban J connectivity index is 1.91. The van der Waals surface area contributed by atoms with Crippen molar-refractivity contribution in [3.05, 3.63) is 42.1 Å². The molecule has 4 rings (SSSR count). The summed E-state index contributed by atoms with van der Waals surface area (Å²) in [5, 5.41) is 1.94. The number of fused-ring (bicyclic) bond motifs is 1. The van der Waals surface area contributed by atoms with E-state index in [1.54, 1.807) is 7.11 Å². The zero-order valence-corrected chi connectivity index (χ0v) is 20.9. The van der Waals surface area contributed by atoms with Crippen LogP contribution in [0, 0.1) is 5.41 Å². The predicted molar refractivity (Wildman–Crippen MR) is 138 cm³/mol. The smallest absolute Gasteiger partial charge is 0.318 e. The number of allylic oxidation sites excluding steroid dienone is 2. The maximum Gasteiger partial charge on any atom is 0.318 e. The van der Waals surface area contributed by atoms with E-state index in [0.717, 1.165) is 59.2 Å². The van der Waals surface area contributed by atoms with Gasteiger partial charge in [-0.25, -0.2) is 0 Å². The quantitative estimate of drug-likeness (QED) is 0.473. The Labute approximate surface area is 193 Å². The van der Waals surface area contributed by atoms with E-state index < -0.39 is 0 Å². The second-order valence-electron chi connectivity index (χ2n) is 9.22. The topological polar surface area (TPSA) is 51.1 Å². The lowest BCUT2D eigenvalue weighted by molar-refractivity contribution is 0.291. The highest BCUT2D eigenvalue weighted by atomic mass is 31.0. The molecule has 32 heavy (non-hydrogen) atoms. The summed E-state index contributed by atoms with van der Waals surface area (Å²) in [7, 11) is 4.51. The van der Waals surface area contributed by atoms with Gasteiger partial charge in [-0.2, -0.15) is 9.97 Å². The standard InChI is InChI=1S/C26H33N4OP/c1-6-17(7-2)18-11-8-9-12-19(18)21-23(32)22-20(15-27-21)24(29-25(28-22)31-5)30-14-10-13-26(3,4)16-30/h6,8-9,11-12,15H,7,10,13-14,16,32H2,1-5H3/b17-6+. The fourth-order valence-corrected chi connectivity index (χ4v) is 5.19. The molecule has 1 fully saturated rings. The number of ether oxygens (including phenoxy) is 1. The van der Waals surface area contributed by atoms with Crippen LogP contribution < -0.4 is 14.9 Å². The molecule has 0 amide bonds. The summed E-state index contributed by atoms with van der Waals surface area (Å²) in [6.07, 6.45) is 7.47. The summed E-state index contributed by atoms with van der Waals surface area (Å²) in [6, 6.07) is 8.87. The largest absolute Gasteiger partial charge is 0.467 e. The van der Waals surface area contributed by atoms with Crippen LogP contribution in [-0.4, -0.2) is 35.2 Å². The zero-order valence-electron chi connectivity index (χ0n) is 19.8. The van der Waals surface area contributed by atoms with Gasteiger partial charge >= 0.3 is 6.01 Å². The van der Waals surface area contributed by atoms with Gasteiger partial charge in [-0.15, -0.1) is 9.24 Å². The van der Waals surface area contributed by atoms with Gasteiger partial charge in [-0.1, -0.05) is 51.1 Å². The summed E-state index contributed by atoms with van der Waals surface area (Å²) >= 11 is 0. The van der Waals surface area contributed by atoms with Crippen molar-refractivity contribution in [1.82, 2.24) is 15.0 Å². The second-order valence-corrected chi connectivity index (χ2v) is 9.80. The number of aromatic nitrogens is 3. The van der Waals surface area contributed by atoms with Gasteiger partial charge in [0.2, 0.25) is 0 Å². The molecular formula is C26H33N4OP. The van der Waals surface area contributed by atoms with Gasteiger partial charge < -0.3 is 9.64 Å². The lowest BCUT2D eigenvalue weighted by Gasteiger charge is -2.39. The summed E-state index contributed by atoms with van der Waals surface area (Å²) in [6.45, 7) is 10.9. The number of hydrogen-bond acceptors (Lipinski definition) is 5. The zero-order chi connectivity index (χ0) is 22.9. The molecule has 3 heterocycles. The Kier molecular flexibility index (Phi) is 6.48. The van der Waals surface area contributed by atoms with Crippen LogP contribution in [0.25, 0.3) is 27.7 Å². The van der Waals surface area contributed by atoms with E-state index in [4.69, 9.17) is 19.7 Å². The Morgan fingerprint density at radius 2 is 2.03 bits per heavy atom. The molecule has 0 bridgehead atoms. The highest BCUT2D eigenvalue weighted by molar-refractivity contribution is 7.28. The van der Waals surface area contributed by atoms with E-state index in [-0.39, 0.29) is 5.41 Å². The van der Waals surface area contributed by atoms with Crippen LogP contribution in [0.1, 0.15) is 52.5 Å². The number of rotatable bonds is 5. The van der Waals surface area contributed by atoms with Crippen molar-refractivity contribution in [2.75, 3.05) is 25.1 Å². The normalized spacial score (nSPS) is 16.4. The van der Waals surface area contributed by atoms with Crippen LogP contribution in [0.4, 0.5) is 5.82 Å². The first-order valence-corrected chi connectivity index (χ1v) is 12.0. The Morgan fingerprint density at radius 1 is 1.25 bits per heavy atom. The molecule has 1 aromatic carbocycles. The van der Waals surface area contributed by atoms with Gasteiger partial charge in [0.1, 0.15) is 5.82 Å². The summed E-state index contributed by atoms with van der Waals surface area (Å²) in [4.78, 5) is 16.8. The Morgan fingerprint density at radius 3 is 2.72 bits per heavy atom. The van der Waals surface area contributed by atoms with E-state index in [2.05, 4.69) is 72.2 Å². The molecule has 6 heteroatoms. The average Bonchev–Trinajstić information content (AvgIpc) is 2.79. The van der Waals surface area contributed by atoms with Crippen molar-refractivity contribution in [1.29, 1.82) is 0 Å². The van der Waals surface area contributed by atoms with E-state index in [9.17, 15) is 0 Å². The summed E-state index contributed by atoms with van der Waals surface area (Å²) < 4.78 is 5.52. The van der Waals surface area contributed by atoms with Gasteiger partial charge in [-0.3, -0.25) is 4.98 Å². The minimum absolute atomic E-state index is 0.252. The van der Waals surface area contributed by atoms with E-state index >= 15 is 0 Å². The van der Waals surface area contributed by atoms with Crippen molar-refractivity contribution in [2.24, 2.45) is 5.41 Å². The first kappa shape index (κ1) is 22.7. The van der Waals surface area contributed by atoms with Crippen LogP contribution in [0.3, 0.4) is 0 Å². The molecule has 0 saturated carbocycles. The van der Waals surface area contributed by atoms with Gasteiger partial charge in [-0.05, 0) is 42.7 Å². The maximum atomic E-state index is 5.52. The number of methoxy groups -OCH3 is 1. The Hall–Kier alpha value is -2.52. The summed E-state index contributed by atoms with van der Waals surface area (Å²) in [5.41, 5.74) is 5.69. The molecule has 1 atom stereocenters. The van der Waals surface area contributed by atoms with Gasteiger partial charge in [0.25, 0.3) is 0 Å². The first-order valence-electron chi connectivity index (χ1n) is 11.4. The third kappa shape index (κ3) is 4.23. The minimum Gasteiger partial charge on any atom is -0.467 e. The SMILES string of the molecule is C/C=C(\CC)c1ccccc1-c1ncc2c(N3CCCC(C)(C)C3)nc(OC)nc2c1P. The molecule has 1 saturated heterocycles. The van der Waals surface area contributed by atoms with Crippen LogP contribution in [0.15, 0.2) is 36.5 Å². The highest BCUT2D eigenvalue weighted by Crippen LogP contribution is 2.36. The molecular weight excluding hydrogens is 415 g/mol. The molecule has 3 aromatic rings. The predicted octanol–water partition coefficient (Wildman–Crippen LogP) is 5.64. The molecule has 2 aromatic heterocycles. The molecule has 5 nitrogen and oxygen atoms in total. The molecule has 0 spiro atoms. The monoisotopic (exact) mass is 448 g/mol. The minimum atomic E-state index is 0.252.